The predicted octanol–water partition coefficient (Wildman–Crippen LogP) is 1.52. The maximum absolute atomic E-state index is 11.7. The van der Waals surface area contributed by atoms with Crippen LogP contribution in [0.25, 0.3) is 0 Å². The van der Waals surface area contributed by atoms with E-state index in [9.17, 15) is 4.79 Å². The van der Waals surface area contributed by atoms with E-state index in [0.717, 1.165) is 0 Å². The number of hydrogen-bond donors (Lipinski definition) is 1. The van der Waals surface area contributed by atoms with Crippen molar-refractivity contribution < 1.29 is 4.52 Å². The summed E-state index contributed by atoms with van der Waals surface area (Å²) < 4.78 is 6.20. The molecule has 0 atom stereocenters. The smallest absolute Gasteiger partial charge is 0.287 e. The molecule has 0 bridgehead atoms. The molecule has 1 N–H and O–H groups in total. The van der Waals surface area contributed by atoms with Crippen LogP contribution >= 0.6 is 11.6 Å². The highest BCUT2D eigenvalue weighted by atomic mass is 35.5. The van der Waals surface area contributed by atoms with E-state index in [4.69, 9.17) is 16.1 Å². The Morgan fingerprint density at radius 1 is 1.59 bits per heavy atom. The van der Waals surface area contributed by atoms with Crippen molar-refractivity contribution in [1.82, 2.24) is 14.9 Å². The van der Waals surface area contributed by atoms with Crippen molar-refractivity contribution in [2.75, 3.05) is 5.32 Å². The highest BCUT2D eigenvalue weighted by molar-refractivity contribution is 6.32. The molecule has 7 heteroatoms. The molecule has 2 rings (SSSR count). The largest absolute Gasteiger partial charge is 0.375 e. The number of nitrogens with one attached hydrogen (secondary N) is 1. The lowest BCUT2D eigenvalue weighted by Crippen LogP contribution is -2.23. The van der Waals surface area contributed by atoms with Gasteiger partial charge in [-0.2, -0.15) is 5.10 Å². The van der Waals surface area contributed by atoms with Gasteiger partial charge in [0.25, 0.3) is 5.56 Å². The van der Waals surface area contributed by atoms with Gasteiger partial charge in [0, 0.05) is 12.6 Å². The number of anilines is 1. The molecular weight excluding hydrogens is 244 g/mol. The summed E-state index contributed by atoms with van der Waals surface area (Å²) in [6.07, 6.45) is 3.07. The molecule has 0 saturated heterocycles. The van der Waals surface area contributed by atoms with Gasteiger partial charge in [0.05, 0.1) is 24.6 Å². The van der Waals surface area contributed by atoms with E-state index in [1.807, 2.05) is 6.92 Å². The number of nitrogens with zero attached hydrogens (tertiary/aromatic N) is 3. The molecule has 0 aliphatic carbocycles. The number of aryl methyl sites for hydroxylation is 1. The van der Waals surface area contributed by atoms with Gasteiger partial charge in [-0.25, -0.2) is 4.68 Å². The summed E-state index contributed by atoms with van der Waals surface area (Å²) in [5, 5.41) is 10.6. The number of aromatic nitrogens is 3. The third-order valence-electron chi connectivity index (χ3n) is 2.23. The third-order valence-corrected chi connectivity index (χ3v) is 2.59. The second kappa shape index (κ2) is 5.01. The molecule has 0 amide bonds. The first-order chi connectivity index (χ1) is 8.22. The maximum atomic E-state index is 11.7. The SMILES string of the molecule is CCn1ncc(NCc2ccno2)c(Cl)c1=O. The fourth-order valence-electron chi connectivity index (χ4n) is 1.33. The molecule has 0 fully saturated rings. The van der Waals surface area contributed by atoms with Crippen molar-refractivity contribution in [2.24, 2.45) is 0 Å². The number of halogens is 1. The molecule has 0 aromatic carbocycles. The minimum atomic E-state index is -0.309. The standard InChI is InChI=1S/C10H11ClN4O2/c1-2-15-10(16)9(11)8(6-13-15)12-5-7-3-4-14-17-7/h3-4,6,12H,2,5H2,1H3. The summed E-state index contributed by atoms with van der Waals surface area (Å²) in [5.41, 5.74) is 0.175. The minimum Gasteiger partial charge on any atom is -0.375 e. The van der Waals surface area contributed by atoms with E-state index < -0.39 is 0 Å². The average molecular weight is 255 g/mol. The zero-order chi connectivity index (χ0) is 12.3. The van der Waals surface area contributed by atoms with Crippen LogP contribution in [0.4, 0.5) is 5.69 Å². The van der Waals surface area contributed by atoms with Gasteiger partial charge in [-0.3, -0.25) is 4.79 Å². The average Bonchev–Trinajstić information content (AvgIpc) is 2.84. The van der Waals surface area contributed by atoms with Crippen molar-refractivity contribution in [3.05, 3.63) is 39.6 Å². The van der Waals surface area contributed by atoms with Gasteiger partial charge in [-0.15, -0.1) is 0 Å². The van der Waals surface area contributed by atoms with Gasteiger partial charge < -0.3 is 9.84 Å². The zero-order valence-corrected chi connectivity index (χ0v) is 9.94. The topological polar surface area (TPSA) is 73.0 Å². The van der Waals surface area contributed by atoms with Gasteiger partial charge in [0.1, 0.15) is 5.02 Å². The summed E-state index contributed by atoms with van der Waals surface area (Å²) >= 11 is 5.94. The van der Waals surface area contributed by atoms with Crippen molar-refractivity contribution in [3.63, 3.8) is 0 Å². The first-order valence-electron chi connectivity index (χ1n) is 5.11. The second-order valence-electron chi connectivity index (χ2n) is 3.33. The number of rotatable bonds is 4. The molecule has 0 radical (unpaired) electrons. The van der Waals surface area contributed by atoms with Gasteiger partial charge in [-0.1, -0.05) is 16.8 Å². The molecule has 0 saturated carbocycles. The first-order valence-corrected chi connectivity index (χ1v) is 5.49. The highest BCUT2D eigenvalue weighted by Crippen LogP contribution is 2.16. The summed E-state index contributed by atoms with van der Waals surface area (Å²) in [6.45, 7) is 2.71. The quantitative estimate of drug-likeness (QED) is 0.895. The third kappa shape index (κ3) is 2.47. The Bertz CT molecular complexity index is 550. The fraction of sp³-hybridized carbons (Fsp3) is 0.300. The van der Waals surface area contributed by atoms with Crippen molar-refractivity contribution in [2.45, 2.75) is 20.0 Å². The molecule has 2 aromatic heterocycles. The minimum absolute atomic E-state index is 0.126. The van der Waals surface area contributed by atoms with Crippen LogP contribution in [0.1, 0.15) is 12.7 Å². The summed E-state index contributed by atoms with van der Waals surface area (Å²) in [4.78, 5) is 11.7. The predicted molar refractivity (Wildman–Crippen MR) is 63.0 cm³/mol. The van der Waals surface area contributed by atoms with E-state index in [-0.39, 0.29) is 10.6 Å². The summed E-state index contributed by atoms with van der Waals surface area (Å²) in [6, 6.07) is 1.72. The molecule has 2 heterocycles. The van der Waals surface area contributed by atoms with Gasteiger partial charge in [-0.05, 0) is 6.92 Å². The van der Waals surface area contributed by atoms with Crippen molar-refractivity contribution in [3.8, 4) is 0 Å². The van der Waals surface area contributed by atoms with Crippen LogP contribution in [-0.4, -0.2) is 14.9 Å². The van der Waals surface area contributed by atoms with Crippen LogP contribution in [0.2, 0.25) is 5.02 Å². The van der Waals surface area contributed by atoms with E-state index >= 15 is 0 Å². The molecule has 2 aromatic rings. The highest BCUT2D eigenvalue weighted by Gasteiger charge is 2.08. The summed E-state index contributed by atoms with van der Waals surface area (Å²) in [5.74, 6) is 0.653. The van der Waals surface area contributed by atoms with Crippen LogP contribution in [0, 0.1) is 0 Å². The van der Waals surface area contributed by atoms with E-state index in [0.29, 0.717) is 24.5 Å². The lowest BCUT2D eigenvalue weighted by Gasteiger charge is -2.07. The Labute approximate surface area is 102 Å². The van der Waals surface area contributed by atoms with Crippen LogP contribution < -0.4 is 10.9 Å². The molecule has 0 aliphatic heterocycles. The Morgan fingerprint density at radius 2 is 2.41 bits per heavy atom. The lowest BCUT2D eigenvalue weighted by atomic mass is 10.4. The molecular formula is C10H11ClN4O2. The Morgan fingerprint density at radius 3 is 3.06 bits per heavy atom. The van der Waals surface area contributed by atoms with E-state index in [2.05, 4.69) is 15.6 Å². The zero-order valence-electron chi connectivity index (χ0n) is 9.18. The molecule has 17 heavy (non-hydrogen) atoms. The monoisotopic (exact) mass is 254 g/mol. The summed E-state index contributed by atoms with van der Waals surface area (Å²) in [7, 11) is 0. The molecule has 90 valence electrons. The fourth-order valence-corrected chi connectivity index (χ4v) is 1.54. The first kappa shape index (κ1) is 11.7. The molecule has 6 nitrogen and oxygen atoms in total. The molecule has 0 unspecified atom stereocenters. The molecule has 0 aliphatic rings. The normalized spacial score (nSPS) is 10.5. The van der Waals surface area contributed by atoms with Gasteiger partial charge >= 0.3 is 0 Å². The van der Waals surface area contributed by atoms with Gasteiger partial charge in [0.2, 0.25) is 0 Å². The van der Waals surface area contributed by atoms with Crippen LogP contribution in [0.5, 0.6) is 0 Å². The van der Waals surface area contributed by atoms with Crippen LogP contribution in [0.15, 0.2) is 27.8 Å². The van der Waals surface area contributed by atoms with Gasteiger partial charge in [0.15, 0.2) is 5.76 Å². The van der Waals surface area contributed by atoms with E-state index in [1.165, 1.54) is 10.9 Å². The van der Waals surface area contributed by atoms with Crippen molar-refractivity contribution >= 4 is 17.3 Å². The lowest BCUT2D eigenvalue weighted by molar-refractivity contribution is 0.388. The van der Waals surface area contributed by atoms with Crippen LogP contribution in [0.3, 0.4) is 0 Å². The maximum Gasteiger partial charge on any atom is 0.287 e. The van der Waals surface area contributed by atoms with E-state index in [1.54, 1.807) is 12.3 Å². The second-order valence-corrected chi connectivity index (χ2v) is 3.70. The Hall–Kier alpha value is -1.82. The Balaban J connectivity index is 2.17. The Kier molecular flexibility index (Phi) is 3.43. The molecule has 0 spiro atoms. The van der Waals surface area contributed by atoms with Crippen LogP contribution in [-0.2, 0) is 13.1 Å². The number of hydrogen-bond acceptors (Lipinski definition) is 5. The van der Waals surface area contributed by atoms with Crippen molar-refractivity contribution in [1.29, 1.82) is 0 Å².